The number of hydrogen-bond acceptors (Lipinski definition) is 6. The number of ether oxygens (including phenoxy) is 1. The zero-order valence-electron chi connectivity index (χ0n) is 15.9. The first kappa shape index (κ1) is 21.0. The van der Waals surface area contributed by atoms with Crippen molar-refractivity contribution in [3.63, 3.8) is 0 Å². The van der Waals surface area contributed by atoms with Crippen LogP contribution in [0.15, 0.2) is 42.5 Å². The Bertz CT molecular complexity index is 890. The molecule has 0 bridgehead atoms. The van der Waals surface area contributed by atoms with Crippen LogP contribution in [-0.4, -0.2) is 33.9 Å². The predicted molar refractivity (Wildman–Crippen MR) is 103 cm³/mol. The molecule has 2 aromatic rings. The lowest BCUT2D eigenvalue weighted by Crippen LogP contribution is -2.45. The highest BCUT2D eigenvalue weighted by molar-refractivity contribution is 5.97. The van der Waals surface area contributed by atoms with Crippen molar-refractivity contribution in [1.82, 2.24) is 0 Å². The van der Waals surface area contributed by atoms with Crippen LogP contribution in [-0.2, 0) is 16.0 Å². The standard InChI is InChI=1S/C20H22N2O6/c1-13-4-7-16(11-18(13)22(26)27)21-19(24)20(3,25)12-28-17-8-5-15(6-9-17)10-14(2)23/h4-9,11,25H,10,12H2,1-3H3,(H,21,24)/t20-/m0/s1. The molecule has 148 valence electrons. The molecule has 2 aromatic carbocycles. The van der Waals surface area contributed by atoms with Crippen molar-refractivity contribution in [3.8, 4) is 5.75 Å². The Morgan fingerprint density at radius 1 is 1.21 bits per heavy atom. The Morgan fingerprint density at radius 2 is 1.86 bits per heavy atom. The molecule has 0 aliphatic rings. The van der Waals surface area contributed by atoms with E-state index in [1.807, 2.05) is 0 Å². The van der Waals surface area contributed by atoms with E-state index in [1.165, 1.54) is 32.0 Å². The second-order valence-electron chi connectivity index (χ2n) is 6.80. The Labute approximate surface area is 162 Å². The summed E-state index contributed by atoms with van der Waals surface area (Å²) in [5.41, 5.74) is -0.482. The first-order valence-corrected chi connectivity index (χ1v) is 8.58. The van der Waals surface area contributed by atoms with E-state index in [9.17, 15) is 24.8 Å². The van der Waals surface area contributed by atoms with Gasteiger partial charge in [0.15, 0.2) is 5.60 Å². The summed E-state index contributed by atoms with van der Waals surface area (Å²) in [4.78, 5) is 33.9. The average Bonchev–Trinajstić information content (AvgIpc) is 2.62. The van der Waals surface area contributed by atoms with Crippen molar-refractivity contribution in [2.75, 3.05) is 11.9 Å². The maximum Gasteiger partial charge on any atom is 0.274 e. The van der Waals surface area contributed by atoms with Gasteiger partial charge in [-0.3, -0.25) is 19.7 Å². The van der Waals surface area contributed by atoms with Gasteiger partial charge in [0.2, 0.25) is 0 Å². The van der Waals surface area contributed by atoms with Gasteiger partial charge in [-0.25, -0.2) is 0 Å². The number of aryl methyl sites for hydroxylation is 1. The van der Waals surface area contributed by atoms with Gasteiger partial charge in [0.05, 0.1) is 4.92 Å². The van der Waals surface area contributed by atoms with E-state index >= 15 is 0 Å². The number of amides is 1. The summed E-state index contributed by atoms with van der Waals surface area (Å²) in [6.07, 6.45) is 0.323. The number of anilines is 1. The van der Waals surface area contributed by atoms with Gasteiger partial charge in [-0.05, 0) is 44.5 Å². The van der Waals surface area contributed by atoms with Crippen LogP contribution < -0.4 is 10.1 Å². The van der Waals surface area contributed by atoms with E-state index in [0.29, 0.717) is 17.7 Å². The molecule has 0 spiro atoms. The van der Waals surface area contributed by atoms with E-state index in [2.05, 4.69) is 5.32 Å². The van der Waals surface area contributed by atoms with Crippen molar-refractivity contribution >= 4 is 23.1 Å². The third-order valence-corrected chi connectivity index (χ3v) is 4.05. The summed E-state index contributed by atoms with van der Waals surface area (Å²) in [6, 6.07) is 11.0. The summed E-state index contributed by atoms with van der Waals surface area (Å²) in [6.45, 7) is 4.06. The zero-order chi connectivity index (χ0) is 20.9. The molecule has 8 heteroatoms. The molecule has 2 N–H and O–H groups in total. The Balaban J connectivity index is 2.00. The van der Waals surface area contributed by atoms with Gasteiger partial charge in [0, 0.05) is 23.7 Å². The molecule has 0 saturated heterocycles. The Morgan fingerprint density at radius 3 is 2.43 bits per heavy atom. The Hall–Kier alpha value is -3.26. The smallest absolute Gasteiger partial charge is 0.274 e. The lowest BCUT2D eigenvalue weighted by Gasteiger charge is -2.22. The monoisotopic (exact) mass is 386 g/mol. The fraction of sp³-hybridized carbons (Fsp3) is 0.300. The number of nitro benzene ring substituents is 1. The largest absolute Gasteiger partial charge is 0.490 e. The number of Topliss-reactive ketones (excluding diaryl/α,β-unsaturated/α-hetero) is 1. The highest BCUT2D eigenvalue weighted by Crippen LogP contribution is 2.23. The normalized spacial score (nSPS) is 12.7. The van der Waals surface area contributed by atoms with Crippen LogP contribution in [0.2, 0.25) is 0 Å². The topological polar surface area (TPSA) is 119 Å². The molecule has 0 unspecified atom stereocenters. The highest BCUT2D eigenvalue weighted by Gasteiger charge is 2.32. The molecule has 0 radical (unpaired) electrons. The third-order valence-electron chi connectivity index (χ3n) is 4.05. The molecule has 0 aliphatic heterocycles. The minimum absolute atomic E-state index is 0.0459. The van der Waals surface area contributed by atoms with Crippen LogP contribution in [0.4, 0.5) is 11.4 Å². The minimum Gasteiger partial charge on any atom is -0.490 e. The van der Waals surface area contributed by atoms with Gasteiger partial charge in [-0.15, -0.1) is 0 Å². The van der Waals surface area contributed by atoms with Crippen LogP contribution >= 0.6 is 0 Å². The number of nitrogens with one attached hydrogen (secondary N) is 1. The molecule has 0 fully saturated rings. The van der Waals surface area contributed by atoms with Gasteiger partial charge in [-0.2, -0.15) is 0 Å². The van der Waals surface area contributed by atoms with E-state index in [0.717, 1.165) is 5.56 Å². The second kappa shape index (κ2) is 8.62. The molecule has 0 heterocycles. The van der Waals surface area contributed by atoms with Gasteiger partial charge < -0.3 is 15.2 Å². The number of carbonyl (C=O) groups is 2. The maximum atomic E-state index is 12.3. The molecular weight excluding hydrogens is 364 g/mol. The van der Waals surface area contributed by atoms with Gasteiger partial charge in [-0.1, -0.05) is 18.2 Å². The van der Waals surface area contributed by atoms with Crippen molar-refractivity contribution in [2.45, 2.75) is 32.8 Å². The number of aliphatic hydroxyl groups is 1. The van der Waals surface area contributed by atoms with Crippen molar-refractivity contribution < 1.29 is 24.4 Å². The molecule has 28 heavy (non-hydrogen) atoms. The first-order chi connectivity index (χ1) is 13.1. The van der Waals surface area contributed by atoms with Crippen LogP contribution in [0.25, 0.3) is 0 Å². The highest BCUT2D eigenvalue weighted by atomic mass is 16.6. The lowest BCUT2D eigenvalue weighted by atomic mass is 10.1. The molecule has 2 rings (SSSR count). The molecule has 0 aromatic heterocycles. The molecule has 1 amide bonds. The number of nitrogens with zero attached hydrogens (tertiary/aromatic N) is 1. The Kier molecular flexibility index (Phi) is 6.48. The van der Waals surface area contributed by atoms with Gasteiger partial charge in [0.1, 0.15) is 18.1 Å². The molecular formula is C20H22N2O6. The quantitative estimate of drug-likeness (QED) is 0.532. The zero-order valence-corrected chi connectivity index (χ0v) is 15.9. The van der Waals surface area contributed by atoms with Crippen molar-refractivity contribution in [1.29, 1.82) is 0 Å². The predicted octanol–water partition coefficient (Wildman–Crippen LogP) is 2.80. The number of ketones is 1. The van der Waals surface area contributed by atoms with E-state index < -0.39 is 16.4 Å². The minimum atomic E-state index is -1.86. The van der Waals surface area contributed by atoms with Crippen LogP contribution in [0, 0.1) is 17.0 Å². The van der Waals surface area contributed by atoms with Gasteiger partial charge >= 0.3 is 0 Å². The molecule has 0 saturated carbocycles. The maximum absolute atomic E-state index is 12.3. The van der Waals surface area contributed by atoms with Gasteiger partial charge in [0.25, 0.3) is 11.6 Å². The summed E-state index contributed by atoms with van der Waals surface area (Å²) >= 11 is 0. The van der Waals surface area contributed by atoms with E-state index in [-0.39, 0.29) is 23.8 Å². The second-order valence-corrected chi connectivity index (χ2v) is 6.80. The summed E-state index contributed by atoms with van der Waals surface area (Å²) in [7, 11) is 0. The molecule has 8 nitrogen and oxygen atoms in total. The number of carbonyl (C=O) groups excluding carboxylic acids is 2. The summed E-state index contributed by atoms with van der Waals surface area (Å²) in [5.74, 6) is -0.269. The molecule has 0 aliphatic carbocycles. The van der Waals surface area contributed by atoms with Crippen LogP contribution in [0.1, 0.15) is 25.0 Å². The SMILES string of the molecule is CC(=O)Cc1ccc(OC[C@](C)(O)C(=O)Nc2ccc(C)c([N+](=O)[O-])c2)cc1. The van der Waals surface area contributed by atoms with E-state index in [1.54, 1.807) is 31.2 Å². The number of nitro groups is 1. The van der Waals surface area contributed by atoms with Crippen LogP contribution in [0.5, 0.6) is 5.75 Å². The summed E-state index contributed by atoms with van der Waals surface area (Å²) < 4.78 is 5.47. The fourth-order valence-corrected chi connectivity index (χ4v) is 2.43. The number of hydrogen-bond donors (Lipinski definition) is 2. The summed E-state index contributed by atoms with van der Waals surface area (Å²) in [5, 5.41) is 23.9. The fourth-order valence-electron chi connectivity index (χ4n) is 2.43. The number of rotatable bonds is 8. The number of benzene rings is 2. The van der Waals surface area contributed by atoms with Crippen molar-refractivity contribution in [3.05, 3.63) is 63.7 Å². The lowest BCUT2D eigenvalue weighted by molar-refractivity contribution is -0.385. The third kappa shape index (κ3) is 5.62. The van der Waals surface area contributed by atoms with Crippen molar-refractivity contribution in [2.24, 2.45) is 0 Å². The first-order valence-electron chi connectivity index (χ1n) is 8.58. The van der Waals surface area contributed by atoms with Crippen LogP contribution in [0.3, 0.4) is 0 Å². The van der Waals surface area contributed by atoms with E-state index in [4.69, 9.17) is 4.74 Å². The molecule has 1 atom stereocenters. The average molecular weight is 386 g/mol.